The Hall–Kier alpha value is -0.570. The van der Waals surface area contributed by atoms with E-state index in [1.807, 2.05) is 18.2 Å². The molecule has 2 N–H and O–H groups in total. The Bertz CT molecular complexity index is 302. The number of nitrogens with two attached hydrogens (primary N) is 1. The van der Waals surface area contributed by atoms with Gasteiger partial charge in [0.05, 0.1) is 0 Å². The van der Waals surface area contributed by atoms with Gasteiger partial charge in [-0.3, -0.25) is 4.79 Å². The van der Waals surface area contributed by atoms with Crippen molar-refractivity contribution in [1.29, 1.82) is 0 Å². The van der Waals surface area contributed by atoms with Crippen LogP contribution in [0, 0.1) is 0 Å². The Morgan fingerprint density at radius 1 is 1.31 bits per heavy atom. The first-order chi connectivity index (χ1) is 5.70. The summed E-state index contributed by atoms with van der Waals surface area (Å²) >= 11 is 0. The number of carbonyl (C=O) groups is 1. The van der Waals surface area contributed by atoms with Crippen molar-refractivity contribution in [3.8, 4) is 0 Å². The van der Waals surface area contributed by atoms with E-state index in [2.05, 4.69) is 0 Å². The predicted octanol–water partition coefficient (Wildman–Crippen LogP) is 1.35. The van der Waals surface area contributed by atoms with Crippen molar-refractivity contribution in [3.63, 3.8) is 0 Å². The van der Waals surface area contributed by atoms with Gasteiger partial charge in [0.15, 0.2) is 5.78 Å². The van der Waals surface area contributed by atoms with E-state index in [0.717, 1.165) is 0 Å². The summed E-state index contributed by atoms with van der Waals surface area (Å²) in [5, 5.41) is 0. The quantitative estimate of drug-likeness (QED) is 0.428. The van der Waals surface area contributed by atoms with E-state index in [1.165, 1.54) is 6.08 Å². The summed E-state index contributed by atoms with van der Waals surface area (Å²) in [5.74, 6) is -0.0457. The van der Waals surface area contributed by atoms with Crippen molar-refractivity contribution in [1.82, 2.24) is 0 Å². The van der Waals surface area contributed by atoms with Crippen LogP contribution in [0.1, 0.15) is 17.3 Å². The number of hydrogen-bond donors (Lipinski definition) is 1. The van der Waals surface area contributed by atoms with E-state index < -0.39 is 0 Å². The summed E-state index contributed by atoms with van der Waals surface area (Å²) in [6, 6.07) is 9.05. The second-order valence-corrected chi connectivity index (χ2v) is 2.62. The Balaban J connectivity index is 0.00000144. The topological polar surface area (TPSA) is 43.1 Å². The van der Waals surface area contributed by atoms with Crippen molar-refractivity contribution in [2.45, 2.75) is 6.92 Å². The predicted molar refractivity (Wildman–Crippen MR) is 54.5 cm³/mol. The average molecular weight is 184 g/mol. The number of carbonyl (C=O) groups excluding carboxylic acids is 1. The first kappa shape index (κ1) is 12.4. The van der Waals surface area contributed by atoms with Crippen LogP contribution in [-0.2, 0) is 0 Å². The Morgan fingerprint density at radius 3 is 2.31 bits per heavy atom. The van der Waals surface area contributed by atoms with Crippen molar-refractivity contribution >= 4 is 35.3 Å². The standard InChI is InChI=1S/C10H11NO.Na/c1-8(11)7-10(12)9-5-3-2-4-6-9;/h2-7H,11H2,1H3;. The molecular weight excluding hydrogens is 173 g/mol. The average Bonchev–Trinajstić information content (AvgIpc) is 2.05. The van der Waals surface area contributed by atoms with E-state index in [0.29, 0.717) is 11.3 Å². The normalized spacial score (nSPS) is 10.4. The third-order valence-corrected chi connectivity index (χ3v) is 1.42. The molecule has 0 unspecified atom stereocenters. The van der Waals surface area contributed by atoms with Gasteiger partial charge in [-0.2, -0.15) is 0 Å². The molecule has 0 aliphatic carbocycles. The van der Waals surface area contributed by atoms with E-state index in [9.17, 15) is 4.79 Å². The first-order valence-corrected chi connectivity index (χ1v) is 3.73. The number of benzene rings is 1. The largest absolute Gasteiger partial charge is 0.402 e. The molecule has 1 aromatic carbocycles. The first-order valence-electron chi connectivity index (χ1n) is 3.73. The fourth-order valence-electron chi connectivity index (χ4n) is 0.893. The third-order valence-electron chi connectivity index (χ3n) is 1.42. The molecule has 13 heavy (non-hydrogen) atoms. The second kappa shape index (κ2) is 5.97. The zero-order valence-corrected chi connectivity index (χ0v) is 9.95. The van der Waals surface area contributed by atoms with Crippen molar-refractivity contribution in [2.75, 3.05) is 0 Å². The Labute approximate surface area is 100 Å². The molecule has 0 aliphatic heterocycles. The van der Waals surface area contributed by atoms with Gasteiger partial charge in [0.2, 0.25) is 0 Å². The van der Waals surface area contributed by atoms with E-state index in [1.54, 1.807) is 19.1 Å². The van der Waals surface area contributed by atoms with Crippen LogP contribution in [-0.4, -0.2) is 35.3 Å². The Kier molecular flexibility index (Phi) is 5.71. The number of hydrogen-bond acceptors (Lipinski definition) is 2. The minimum atomic E-state index is -0.0457. The summed E-state index contributed by atoms with van der Waals surface area (Å²) in [6.07, 6.45) is 1.43. The molecule has 1 aromatic rings. The van der Waals surface area contributed by atoms with Crippen LogP contribution in [0.4, 0.5) is 0 Å². The third kappa shape index (κ3) is 4.27. The van der Waals surface area contributed by atoms with Gasteiger partial charge in [-0.1, -0.05) is 30.3 Å². The van der Waals surface area contributed by atoms with Crippen molar-refractivity contribution in [2.24, 2.45) is 5.73 Å². The SMILES string of the molecule is CC(N)=CC(=O)c1ccccc1.[Na]. The molecule has 0 aromatic heterocycles. The summed E-state index contributed by atoms with van der Waals surface area (Å²) in [6.45, 7) is 1.70. The minimum Gasteiger partial charge on any atom is -0.402 e. The molecule has 0 saturated heterocycles. The maximum absolute atomic E-state index is 11.3. The summed E-state index contributed by atoms with van der Waals surface area (Å²) in [7, 11) is 0. The summed E-state index contributed by atoms with van der Waals surface area (Å²) < 4.78 is 0. The second-order valence-electron chi connectivity index (χ2n) is 2.62. The van der Waals surface area contributed by atoms with Gasteiger partial charge in [-0.05, 0) is 6.92 Å². The molecule has 1 rings (SSSR count). The zero-order valence-electron chi connectivity index (χ0n) is 7.95. The van der Waals surface area contributed by atoms with Crippen LogP contribution in [0.25, 0.3) is 0 Å². The van der Waals surface area contributed by atoms with Crippen LogP contribution in [0.15, 0.2) is 42.1 Å². The van der Waals surface area contributed by atoms with Crippen LogP contribution >= 0.6 is 0 Å². The molecule has 0 amide bonds. The fraction of sp³-hybridized carbons (Fsp3) is 0.100. The molecule has 0 atom stereocenters. The van der Waals surface area contributed by atoms with Crippen LogP contribution in [0.5, 0.6) is 0 Å². The molecule has 3 heteroatoms. The zero-order chi connectivity index (χ0) is 8.97. The molecule has 63 valence electrons. The maximum atomic E-state index is 11.3. The summed E-state index contributed by atoms with van der Waals surface area (Å²) in [4.78, 5) is 11.3. The maximum Gasteiger partial charge on any atom is 0.187 e. The Morgan fingerprint density at radius 2 is 1.85 bits per heavy atom. The van der Waals surface area contributed by atoms with Crippen molar-refractivity contribution in [3.05, 3.63) is 47.7 Å². The van der Waals surface area contributed by atoms with Crippen LogP contribution in [0.3, 0.4) is 0 Å². The molecule has 0 bridgehead atoms. The molecular formula is C10H11NNaO. The molecule has 2 nitrogen and oxygen atoms in total. The molecule has 0 aliphatic rings. The monoisotopic (exact) mass is 184 g/mol. The van der Waals surface area contributed by atoms with Gasteiger partial charge in [-0.25, -0.2) is 0 Å². The minimum absolute atomic E-state index is 0. The van der Waals surface area contributed by atoms with Crippen LogP contribution < -0.4 is 5.73 Å². The van der Waals surface area contributed by atoms with Gasteiger partial charge >= 0.3 is 0 Å². The molecule has 1 radical (unpaired) electrons. The van der Waals surface area contributed by atoms with Crippen LogP contribution in [0.2, 0.25) is 0 Å². The number of ketones is 1. The van der Waals surface area contributed by atoms with Gasteiger partial charge < -0.3 is 5.73 Å². The summed E-state index contributed by atoms with van der Waals surface area (Å²) in [5.41, 5.74) is 6.57. The molecule has 0 saturated carbocycles. The van der Waals surface area contributed by atoms with E-state index >= 15 is 0 Å². The fourth-order valence-corrected chi connectivity index (χ4v) is 0.893. The smallest absolute Gasteiger partial charge is 0.187 e. The molecule has 0 spiro atoms. The number of rotatable bonds is 2. The number of allylic oxidation sites excluding steroid dienone is 2. The van der Waals surface area contributed by atoms with E-state index in [-0.39, 0.29) is 35.3 Å². The van der Waals surface area contributed by atoms with Gasteiger partial charge in [0.25, 0.3) is 0 Å². The molecule has 0 fully saturated rings. The van der Waals surface area contributed by atoms with Gasteiger partial charge in [-0.15, -0.1) is 0 Å². The van der Waals surface area contributed by atoms with E-state index in [4.69, 9.17) is 5.73 Å². The van der Waals surface area contributed by atoms with Gasteiger partial charge in [0, 0.05) is 46.9 Å². The van der Waals surface area contributed by atoms with Crippen molar-refractivity contribution < 1.29 is 4.79 Å². The molecule has 0 heterocycles. The van der Waals surface area contributed by atoms with Gasteiger partial charge in [0.1, 0.15) is 0 Å².